The number of ether oxygens (including phenoxy) is 1. The van der Waals surface area contributed by atoms with E-state index in [4.69, 9.17) is 16.3 Å². The number of benzene rings is 1. The standard InChI is InChI=1S/C70H108ClF3N12O13/c1-13-45(4)60-67(97)80(7)42-58(89)78(5)43-59(90)82(9)54(39-46-23-16-14-17-24-46)64(94)79(6)41-56(87)75-50(29-27-47-26-28-48(49(71)38-47)70(72,73)74)63(93)86-35-22-25-51(86)62(92)77-69(31-18-19-32-69)68(98)84(11)52(30-36-99-12)65(95)83(10)55(66(96)85-33-20-15-21-34-85)40-57(88)81(8)53(37-44(2)3)61(91)76-60/h26,28,38,44-46,50-55,60H,13-25,27,29-37,39-43H2,1-12H3,(H,75,87)(H,76,91)(H,77,92)/t45-,50-,51-,52-,53-,54-,55-,60-/m0/s1. The number of likely N-dealkylation sites (N-methyl/N-ethyl adjacent to an activating group) is 7. The first-order chi connectivity index (χ1) is 46.7. The number of nitrogens with one attached hydrogen (secondary N) is 3. The van der Waals surface area contributed by atoms with Gasteiger partial charge in [-0.3, -0.25) is 57.5 Å². The highest BCUT2D eigenvalue weighted by Gasteiger charge is 2.50. The molecule has 1 aromatic rings. The van der Waals surface area contributed by atoms with E-state index in [-0.39, 0.29) is 76.4 Å². The van der Waals surface area contributed by atoms with Gasteiger partial charge in [0.15, 0.2) is 0 Å². The Morgan fingerprint density at radius 2 is 1.26 bits per heavy atom. The van der Waals surface area contributed by atoms with E-state index in [0.717, 1.165) is 70.3 Å². The Bertz CT molecular complexity index is 3050. The Balaban J connectivity index is 1.42. The van der Waals surface area contributed by atoms with Crippen molar-refractivity contribution in [3.63, 3.8) is 0 Å². The summed E-state index contributed by atoms with van der Waals surface area (Å²) < 4.78 is 47.0. The molecular weight excluding hydrogens is 1310 g/mol. The van der Waals surface area contributed by atoms with E-state index in [0.29, 0.717) is 57.2 Å². The van der Waals surface area contributed by atoms with Crippen LogP contribution < -0.4 is 16.0 Å². The highest BCUT2D eigenvalue weighted by atomic mass is 35.5. The summed E-state index contributed by atoms with van der Waals surface area (Å²) in [7, 11) is 11.2. The first kappa shape index (κ1) is 80.9. The number of nitrogens with zero attached hydrogens (tertiary/aromatic N) is 9. The van der Waals surface area contributed by atoms with Crippen LogP contribution in [0.4, 0.5) is 13.2 Å². The number of carbonyl (C=O) groups is 12. The number of methoxy groups -OCH3 is 1. The molecule has 29 heteroatoms. The lowest BCUT2D eigenvalue weighted by Gasteiger charge is -2.41. The molecule has 8 atom stereocenters. The average molecular weight is 1420 g/mol. The summed E-state index contributed by atoms with van der Waals surface area (Å²) >= 11 is 6.14. The number of aryl methyl sites for hydroxylation is 1. The average Bonchev–Trinajstić information content (AvgIpc) is 1.64. The lowest BCUT2D eigenvalue weighted by atomic mass is 9.84. The van der Waals surface area contributed by atoms with Gasteiger partial charge in [0.2, 0.25) is 70.9 Å². The lowest BCUT2D eigenvalue weighted by molar-refractivity contribution is -0.155. The first-order valence-corrected chi connectivity index (χ1v) is 35.7. The molecule has 3 N–H and O–H groups in total. The molecule has 1 spiro atoms. The van der Waals surface area contributed by atoms with Crippen molar-refractivity contribution in [2.24, 2.45) is 17.8 Å². The summed E-state index contributed by atoms with van der Waals surface area (Å²) in [6.45, 7) is 6.26. The maximum Gasteiger partial charge on any atom is 0.417 e. The molecule has 0 bridgehead atoms. The molecule has 6 rings (SSSR count). The topological polar surface area (TPSA) is 279 Å². The Hall–Kier alpha value is -7.10. The summed E-state index contributed by atoms with van der Waals surface area (Å²) in [6.07, 6.45) is 3.17. The third-order valence-electron chi connectivity index (χ3n) is 20.9. The second-order valence-corrected chi connectivity index (χ2v) is 29.0. The summed E-state index contributed by atoms with van der Waals surface area (Å²) in [6, 6.07) is -5.83. The highest BCUT2D eigenvalue weighted by molar-refractivity contribution is 6.31. The van der Waals surface area contributed by atoms with Gasteiger partial charge in [-0.25, -0.2) is 0 Å². The molecule has 3 aliphatic heterocycles. The van der Waals surface area contributed by atoms with Crippen molar-refractivity contribution in [3.8, 4) is 0 Å². The fraction of sp³-hybridized carbons (Fsp3) is 0.743. The number of piperidine rings is 1. The molecule has 2 aliphatic carbocycles. The molecular formula is C70H108ClF3N12O13. The van der Waals surface area contributed by atoms with Crippen LogP contribution in [0.5, 0.6) is 0 Å². The molecule has 1 aromatic carbocycles. The second kappa shape index (κ2) is 36.5. The summed E-state index contributed by atoms with van der Waals surface area (Å²) in [5.41, 5.74) is -2.40. The van der Waals surface area contributed by atoms with Crippen LogP contribution in [0.15, 0.2) is 18.2 Å². The van der Waals surface area contributed by atoms with Gasteiger partial charge < -0.3 is 64.8 Å². The van der Waals surface area contributed by atoms with Crippen LogP contribution in [0.3, 0.4) is 0 Å². The number of rotatable bonds is 13. The summed E-state index contributed by atoms with van der Waals surface area (Å²) in [5.74, 6) is -8.74. The fourth-order valence-electron chi connectivity index (χ4n) is 14.5. The largest absolute Gasteiger partial charge is 0.417 e. The van der Waals surface area contributed by atoms with Crippen molar-refractivity contribution in [2.45, 2.75) is 217 Å². The van der Waals surface area contributed by atoms with Crippen LogP contribution in [0.2, 0.25) is 5.02 Å². The minimum absolute atomic E-state index is 0.0146. The van der Waals surface area contributed by atoms with Crippen molar-refractivity contribution in [1.82, 2.24) is 60.0 Å². The molecule has 25 nitrogen and oxygen atoms in total. The van der Waals surface area contributed by atoms with Crippen molar-refractivity contribution in [2.75, 3.05) is 102 Å². The van der Waals surface area contributed by atoms with Crippen LogP contribution in [-0.2, 0) is 74.9 Å². The fourth-order valence-corrected chi connectivity index (χ4v) is 14.8. The van der Waals surface area contributed by atoms with Gasteiger partial charge in [-0.2, -0.15) is 13.2 Å². The quantitative estimate of drug-likeness (QED) is 0.238. The Morgan fingerprint density at radius 3 is 1.87 bits per heavy atom. The number of alkyl halides is 3. The maximum absolute atomic E-state index is 15.4. The number of halogens is 4. The second-order valence-electron chi connectivity index (χ2n) is 28.6. The van der Waals surface area contributed by atoms with Crippen LogP contribution >= 0.6 is 11.6 Å². The van der Waals surface area contributed by atoms with Crippen LogP contribution in [0, 0.1) is 17.8 Å². The van der Waals surface area contributed by atoms with Crippen LogP contribution in [-0.4, -0.2) is 265 Å². The zero-order chi connectivity index (χ0) is 73.4. The number of carbonyl (C=O) groups excluding carboxylic acids is 12. The summed E-state index contributed by atoms with van der Waals surface area (Å²) in [5, 5.41) is 8.06. The molecule has 5 aliphatic rings. The molecule has 3 saturated heterocycles. The number of hydrogen-bond donors (Lipinski definition) is 3. The van der Waals surface area contributed by atoms with Crippen molar-refractivity contribution < 1.29 is 75.4 Å². The Morgan fingerprint density at radius 1 is 0.646 bits per heavy atom. The van der Waals surface area contributed by atoms with E-state index in [2.05, 4.69) is 16.0 Å². The zero-order valence-corrected chi connectivity index (χ0v) is 60.9. The molecule has 5 fully saturated rings. The van der Waals surface area contributed by atoms with Crippen molar-refractivity contribution >= 4 is 82.5 Å². The Kier molecular flexibility index (Phi) is 29.8. The van der Waals surface area contributed by atoms with Gasteiger partial charge in [-0.05, 0) is 106 Å². The molecule has 0 unspecified atom stereocenters. The van der Waals surface area contributed by atoms with E-state index in [1.165, 1.54) is 82.1 Å². The minimum Gasteiger partial charge on any atom is -0.385 e. The van der Waals surface area contributed by atoms with E-state index in [9.17, 15) is 51.5 Å². The number of likely N-dealkylation sites (tertiary alicyclic amines) is 1. The van der Waals surface area contributed by atoms with Gasteiger partial charge in [-0.1, -0.05) is 96.7 Å². The van der Waals surface area contributed by atoms with Crippen molar-refractivity contribution in [1.29, 1.82) is 0 Å². The van der Waals surface area contributed by atoms with E-state index < -0.39 is 167 Å². The van der Waals surface area contributed by atoms with Gasteiger partial charge >= 0.3 is 6.18 Å². The maximum atomic E-state index is 15.4. The van der Waals surface area contributed by atoms with Gasteiger partial charge in [0, 0.05) is 89.1 Å². The third-order valence-corrected chi connectivity index (χ3v) is 21.2. The Labute approximate surface area is 586 Å². The van der Waals surface area contributed by atoms with Gasteiger partial charge in [0.25, 0.3) is 0 Å². The molecule has 0 radical (unpaired) electrons. The lowest BCUT2D eigenvalue weighted by Crippen LogP contribution is -2.64. The normalized spacial score (nSPS) is 26.0. The predicted octanol–water partition coefficient (Wildman–Crippen LogP) is 4.88. The monoisotopic (exact) mass is 1420 g/mol. The van der Waals surface area contributed by atoms with Crippen LogP contribution in [0.25, 0.3) is 0 Å². The molecule has 12 amide bonds. The van der Waals surface area contributed by atoms with Gasteiger partial charge in [0.1, 0.15) is 47.8 Å². The van der Waals surface area contributed by atoms with Gasteiger partial charge in [0.05, 0.1) is 36.6 Å². The SMILES string of the molecule is CC[C@H](C)[C@@H]1NC(=O)[C@H](CC(C)C)N(C)C(=O)C[C@@H](C(=O)N2CCCCC2)N(C)C(=O)[C@H](CCOC)N(C)C(=O)C2(CCCC2)NC(=O)[C@@H]2CCCN2C(=O)[C@H](CCc2ccc(C(F)(F)F)c(Cl)c2)NC(=O)CN(C)C(=O)[C@H](CC2CCCCC2)N(C)C(=O)CN(C)C(=O)CN(C)C1=O. The minimum atomic E-state index is -4.76. The van der Waals surface area contributed by atoms with Gasteiger partial charge in [-0.15, -0.1) is 0 Å². The molecule has 2 saturated carbocycles. The third kappa shape index (κ3) is 21.0. The number of fused-ring (bicyclic) bond motifs is 1. The summed E-state index contributed by atoms with van der Waals surface area (Å²) in [4.78, 5) is 189. The van der Waals surface area contributed by atoms with E-state index in [1.54, 1.807) is 11.8 Å². The van der Waals surface area contributed by atoms with E-state index in [1.807, 2.05) is 20.8 Å². The zero-order valence-electron chi connectivity index (χ0n) is 60.1. The predicted molar refractivity (Wildman–Crippen MR) is 363 cm³/mol. The smallest absolute Gasteiger partial charge is 0.385 e. The molecule has 3 heterocycles. The first-order valence-electron chi connectivity index (χ1n) is 35.3. The molecule has 99 heavy (non-hydrogen) atoms. The van der Waals surface area contributed by atoms with Crippen molar-refractivity contribution in [3.05, 3.63) is 34.3 Å². The molecule has 554 valence electrons. The van der Waals surface area contributed by atoms with E-state index >= 15 is 19.2 Å². The number of amides is 12. The highest BCUT2D eigenvalue weighted by Crippen LogP contribution is 2.37. The molecule has 0 aromatic heterocycles. The number of hydrogen-bond acceptors (Lipinski definition) is 13. The van der Waals surface area contributed by atoms with Crippen LogP contribution in [0.1, 0.15) is 167 Å².